The Balaban J connectivity index is 1.66. The highest BCUT2D eigenvalue weighted by Gasteiger charge is 2.51. The minimum atomic E-state index is 0.224. The molecule has 0 heteroatoms. The Bertz CT molecular complexity index is 938. The molecule has 3 unspecified atom stereocenters. The van der Waals surface area contributed by atoms with Crippen LogP contribution in [0.4, 0.5) is 0 Å². The zero-order valence-electron chi connectivity index (χ0n) is 15.6. The molecule has 3 atom stereocenters. The number of hydrogen-bond donors (Lipinski definition) is 0. The van der Waals surface area contributed by atoms with Gasteiger partial charge in [0, 0.05) is 5.92 Å². The van der Waals surface area contributed by atoms with E-state index in [0.29, 0.717) is 17.8 Å². The Morgan fingerprint density at radius 1 is 0.960 bits per heavy atom. The van der Waals surface area contributed by atoms with Crippen molar-refractivity contribution in [2.75, 3.05) is 0 Å². The highest BCUT2D eigenvalue weighted by atomic mass is 14.5. The Labute approximate surface area is 151 Å². The largest absolute Gasteiger partial charge is 0.0741 e. The second-order valence-corrected chi connectivity index (χ2v) is 8.80. The quantitative estimate of drug-likeness (QED) is 0.477. The summed E-state index contributed by atoms with van der Waals surface area (Å²) < 4.78 is 0. The number of allylic oxidation sites excluding steroid dienone is 4. The Morgan fingerprint density at radius 2 is 1.72 bits per heavy atom. The predicted molar refractivity (Wildman–Crippen MR) is 106 cm³/mol. The van der Waals surface area contributed by atoms with Crippen molar-refractivity contribution in [3.8, 4) is 11.1 Å². The van der Waals surface area contributed by atoms with Gasteiger partial charge in [0.15, 0.2) is 0 Å². The van der Waals surface area contributed by atoms with Crippen LogP contribution in [0.3, 0.4) is 0 Å². The van der Waals surface area contributed by atoms with Crippen LogP contribution in [-0.2, 0) is 6.42 Å². The van der Waals surface area contributed by atoms with Gasteiger partial charge < -0.3 is 0 Å². The van der Waals surface area contributed by atoms with Crippen LogP contribution >= 0.6 is 0 Å². The molecule has 0 heterocycles. The standard InChI is InChI=1S/C25H26/c1-15-12-21-16(2)24(25(3,4)23(21)13-15)20-11-7-10-19-18-9-6-5-8-17(18)14-22(19)20/h5-13,16,21,24H,14H2,1-4H3. The van der Waals surface area contributed by atoms with E-state index in [4.69, 9.17) is 0 Å². The van der Waals surface area contributed by atoms with Gasteiger partial charge in [-0.2, -0.15) is 0 Å². The summed E-state index contributed by atoms with van der Waals surface area (Å²) in [5, 5.41) is 0. The summed E-state index contributed by atoms with van der Waals surface area (Å²) in [7, 11) is 0. The first-order valence-corrected chi connectivity index (χ1v) is 9.59. The van der Waals surface area contributed by atoms with Crippen LogP contribution in [0, 0.1) is 17.3 Å². The summed E-state index contributed by atoms with van der Waals surface area (Å²) in [6.45, 7) is 9.65. The maximum atomic E-state index is 2.50. The summed E-state index contributed by atoms with van der Waals surface area (Å²) in [5.74, 6) is 1.88. The van der Waals surface area contributed by atoms with Gasteiger partial charge in [-0.25, -0.2) is 0 Å². The van der Waals surface area contributed by atoms with Crippen LogP contribution in [0.15, 0.2) is 65.8 Å². The molecular formula is C25H26. The first kappa shape index (κ1) is 15.2. The number of benzene rings is 2. The molecule has 2 aromatic carbocycles. The summed E-state index contributed by atoms with van der Waals surface area (Å²) in [6, 6.07) is 15.9. The van der Waals surface area contributed by atoms with E-state index in [1.807, 2.05) is 0 Å². The molecule has 1 fully saturated rings. The Hall–Kier alpha value is -2.08. The molecule has 2 aromatic rings. The molecule has 3 aliphatic rings. The summed E-state index contributed by atoms with van der Waals surface area (Å²) in [4.78, 5) is 0. The van der Waals surface area contributed by atoms with Gasteiger partial charge in [-0.1, -0.05) is 86.5 Å². The lowest BCUT2D eigenvalue weighted by Crippen LogP contribution is -2.21. The number of rotatable bonds is 1. The molecule has 0 N–H and O–H groups in total. The third kappa shape index (κ3) is 1.94. The predicted octanol–water partition coefficient (Wildman–Crippen LogP) is 6.52. The highest BCUT2D eigenvalue weighted by molar-refractivity contribution is 5.78. The van der Waals surface area contributed by atoms with Crippen molar-refractivity contribution < 1.29 is 0 Å². The van der Waals surface area contributed by atoms with Gasteiger partial charge >= 0.3 is 0 Å². The fourth-order valence-corrected chi connectivity index (χ4v) is 6.00. The summed E-state index contributed by atoms with van der Waals surface area (Å²) in [6.07, 6.45) is 6.05. The van der Waals surface area contributed by atoms with Crippen LogP contribution in [0.2, 0.25) is 0 Å². The molecule has 0 saturated heterocycles. The van der Waals surface area contributed by atoms with Crippen LogP contribution < -0.4 is 0 Å². The van der Waals surface area contributed by atoms with E-state index in [9.17, 15) is 0 Å². The second kappa shape index (κ2) is 4.97. The van der Waals surface area contributed by atoms with E-state index in [1.54, 1.807) is 16.7 Å². The van der Waals surface area contributed by atoms with Crippen molar-refractivity contribution >= 4 is 0 Å². The van der Waals surface area contributed by atoms with Crippen LogP contribution in [0.1, 0.15) is 50.3 Å². The summed E-state index contributed by atoms with van der Waals surface area (Å²) >= 11 is 0. The minimum absolute atomic E-state index is 0.224. The second-order valence-electron chi connectivity index (χ2n) is 8.80. The van der Waals surface area contributed by atoms with Crippen LogP contribution in [0.25, 0.3) is 11.1 Å². The smallest absolute Gasteiger partial charge is 0.00230 e. The molecule has 25 heavy (non-hydrogen) atoms. The Kier molecular flexibility index (Phi) is 3.02. The normalized spacial score (nSPS) is 28.2. The van der Waals surface area contributed by atoms with Gasteiger partial charge in [-0.3, -0.25) is 0 Å². The fourth-order valence-electron chi connectivity index (χ4n) is 6.00. The van der Waals surface area contributed by atoms with Crippen molar-refractivity contribution in [1.29, 1.82) is 0 Å². The summed E-state index contributed by atoms with van der Waals surface area (Å²) in [5.41, 5.74) is 10.9. The van der Waals surface area contributed by atoms with E-state index in [-0.39, 0.29) is 5.41 Å². The monoisotopic (exact) mass is 326 g/mol. The molecule has 0 aliphatic heterocycles. The maximum absolute atomic E-state index is 2.50. The molecule has 5 rings (SSSR count). The molecule has 1 saturated carbocycles. The molecule has 0 amide bonds. The zero-order chi connectivity index (χ0) is 17.3. The molecule has 0 spiro atoms. The molecule has 0 nitrogen and oxygen atoms in total. The van der Waals surface area contributed by atoms with Gasteiger partial charge in [0.1, 0.15) is 0 Å². The minimum Gasteiger partial charge on any atom is -0.0741 e. The fraction of sp³-hybridized carbons (Fsp3) is 0.360. The van der Waals surface area contributed by atoms with Gasteiger partial charge in [-0.05, 0) is 58.4 Å². The molecule has 126 valence electrons. The SMILES string of the molecule is CC1=CC2C(=C1)C(C)(C)C(c1cccc3c1Cc1ccccc1-3)C2C. The molecule has 0 bridgehead atoms. The molecular weight excluding hydrogens is 300 g/mol. The lowest BCUT2D eigenvalue weighted by molar-refractivity contribution is 0.337. The van der Waals surface area contributed by atoms with Crippen molar-refractivity contribution in [3.63, 3.8) is 0 Å². The van der Waals surface area contributed by atoms with Gasteiger partial charge in [0.25, 0.3) is 0 Å². The average Bonchev–Trinajstić information content (AvgIpc) is 3.20. The molecule has 0 radical (unpaired) electrons. The third-order valence-corrected chi connectivity index (χ3v) is 7.02. The van der Waals surface area contributed by atoms with Gasteiger partial charge in [-0.15, -0.1) is 0 Å². The maximum Gasteiger partial charge on any atom is 0.00230 e. The first-order valence-electron chi connectivity index (χ1n) is 9.59. The lowest BCUT2D eigenvalue weighted by atomic mass is 9.71. The molecule has 3 aliphatic carbocycles. The van der Waals surface area contributed by atoms with Gasteiger partial charge in [0.2, 0.25) is 0 Å². The van der Waals surface area contributed by atoms with Crippen molar-refractivity contribution in [3.05, 3.63) is 82.5 Å². The van der Waals surface area contributed by atoms with Crippen molar-refractivity contribution in [1.82, 2.24) is 0 Å². The average molecular weight is 326 g/mol. The van der Waals surface area contributed by atoms with Crippen molar-refractivity contribution in [2.45, 2.75) is 40.0 Å². The third-order valence-electron chi connectivity index (χ3n) is 7.02. The molecule has 0 aromatic heterocycles. The zero-order valence-corrected chi connectivity index (χ0v) is 15.6. The highest BCUT2D eigenvalue weighted by Crippen LogP contribution is 2.62. The number of hydrogen-bond acceptors (Lipinski definition) is 0. The van der Waals surface area contributed by atoms with E-state index < -0.39 is 0 Å². The van der Waals surface area contributed by atoms with Gasteiger partial charge in [0.05, 0.1) is 0 Å². The van der Waals surface area contributed by atoms with E-state index in [0.717, 1.165) is 6.42 Å². The first-order chi connectivity index (χ1) is 12.0. The Morgan fingerprint density at radius 3 is 2.52 bits per heavy atom. The van der Waals surface area contributed by atoms with E-state index in [1.165, 1.54) is 22.3 Å². The van der Waals surface area contributed by atoms with E-state index in [2.05, 4.69) is 82.3 Å². The van der Waals surface area contributed by atoms with Crippen LogP contribution in [0.5, 0.6) is 0 Å². The topological polar surface area (TPSA) is 0 Å². The van der Waals surface area contributed by atoms with Crippen molar-refractivity contribution in [2.24, 2.45) is 17.3 Å². The number of fused-ring (bicyclic) bond motifs is 4. The van der Waals surface area contributed by atoms with Crippen LogP contribution in [-0.4, -0.2) is 0 Å². The lowest BCUT2D eigenvalue weighted by Gasteiger charge is -2.32. The van der Waals surface area contributed by atoms with E-state index >= 15 is 0 Å².